The van der Waals surface area contributed by atoms with Crippen molar-refractivity contribution in [2.24, 2.45) is 0 Å². The number of hydrogen-bond donors (Lipinski definition) is 2. The van der Waals surface area contributed by atoms with Crippen molar-refractivity contribution < 1.29 is 28.4 Å². The van der Waals surface area contributed by atoms with Crippen LogP contribution in [0.25, 0.3) is 10.9 Å². The van der Waals surface area contributed by atoms with Crippen LogP contribution in [0, 0.1) is 0 Å². The number of benzene rings is 2. The van der Waals surface area contributed by atoms with Crippen molar-refractivity contribution in [3.8, 4) is 11.5 Å². The maximum Gasteiger partial charge on any atom is 0.324 e. The monoisotopic (exact) mass is 622 g/mol. The van der Waals surface area contributed by atoms with E-state index in [0.29, 0.717) is 51.6 Å². The molecule has 4 aromatic rings. The molecule has 2 N–H and O–H groups in total. The highest BCUT2D eigenvalue weighted by Crippen LogP contribution is 2.38. The van der Waals surface area contributed by atoms with Gasteiger partial charge in [0.15, 0.2) is 17.3 Å². The van der Waals surface area contributed by atoms with Gasteiger partial charge in [-0.15, -0.1) is 0 Å². The summed E-state index contributed by atoms with van der Waals surface area (Å²) < 4.78 is 16.8. The van der Waals surface area contributed by atoms with Crippen LogP contribution in [0.3, 0.4) is 0 Å². The highest BCUT2D eigenvalue weighted by atomic mass is 32.2. The lowest BCUT2D eigenvalue weighted by Crippen LogP contribution is -2.43. The molecule has 2 aromatic heterocycles. The van der Waals surface area contributed by atoms with Gasteiger partial charge in [-0.2, -0.15) is 0 Å². The molecule has 1 aliphatic heterocycles. The molecule has 0 saturated carbocycles. The molecule has 5 rings (SSSR count). The largest absolute Gasteiger partial charge is 0.493 e. The summed E-state index contributed by atoms with van der Waals surface area (Å²) >= 11 is 2.44. The van der Waals surface area contributed by atoms with E-state index in [4.69, 9.17) is 14.0 Å². The summed E-state index contributed by atoms with van der Waals surface area (Å²) in [5.41, 5.74) is 1.01. The SMILES string of the molecule is COc1cc2ncnc(Sc3cccc(NC(=O)Nc4cc(C(C)(C)C)on4)c3)c2cc1OCCN1CCSC(=O)C1=O. The van der Waals surface area contributed by atoms with Gasteiger partial charge in [0.05, 0.1) is 19.2 Å². The van der Waals surface area contributed by atoms with E-state index < -0.39 is 17.1 Å². The second kappa shape index (κ2) is 12.9. The molecule has 1 fully saturated rings. The number of carbonyl (C=O) groups is 3. The zero-order chi connectivity index (χ0) is 30.6. The molecule has 0 aliphatic carbocycles. The van der Waals surface area contributed by atoms with Crippen LogP contribution < -0.4 is 20.1 Å². The molecule has 43 heavy (non-hydrogen) atoms. The molecule has 14 heteroatoms. The molecular formula is C29H30N6O6S2. The van der Waals surface area contributed by atoms with Gasteiger partial charge >= 0.3 is 11.9 Å². The first-order valence-corrected chi connectivity index (χ1v) is 15.2. The van der Waals surface area contributed by atoms with Gasteiger partial charge in [-0.05, 0) is 24.3 Å². The molecule has 0 radical (unpaired) electrons. The highest BCUT2D eigenvalue weighted by Gasteiger charge is 2.27. The zero-order valence-corrected chi connectivity index (χ0v) is 25.6. The second-order valence-corrected chi connectivity index (χ2v) is 12.6. The summed E-state index contributed by atoms with van der Waals surface area (Å²) in [5, 5.41) is 10.4. The van der Waals surface area contributed by atoms with Crippen molar-refractivity contribution in [1.82, 2.24) is 20.0 Å². The van der Waals surface area contributed by atoms with Gasteiger partial charge in [0.2, 0.25) is 0 Å². The number of amides is 3. The van der Waals surface area contributed by atoms with Gasteiger partial charge in [-0.1, -0.05) is 55.5 Å². The Morgan fingerprint density at radius 1 is 1.12 bits per heavy atom. The van der Waals surface area contributed by atoms with Gasteiger partial charge in [-0.3, -0.25) is 14.9 Å². The third-order valence-corrected chi connectivity index (χ3v) is 8.19. The number of aromatic nitrogens is 3. The van der Waals surface area contributed by atoms with E-state index in [1.807, 2.05) is 39.0 Å². The van der Waals surface area contributed by atoms with Crippen LogP contribution in [-0.2, 0) is 15.0 Å². The van der Waals surface area contributed by atoms with Crippen molar-refractivity contribution in [2.75, 3.05) is 43.2 Å². The fourth-order valence-corrected chi connectivity index (χ4v) is 5.81. The molecular weight excluding hydrogens is 592 g/mol. The first-order chi connectivity index (χ1) is 20.6. The zero-order valence-electron chi connectivity index (χ0n) is 24.0. The van der Waals surface area contributed by atoms with Crippen molar-refractivity contribution in [3.63, 3.8) is 0 Å². The number of nitrogens with zero attached hydrogens (tertiary/aromatic N) is 4. The van der Waals surface area contributed by atoms with Crippen LogP contribution >= 0.6 is 23.5 Å². The molecule has 0 unspecified atom stereocenters. The second-order valence-electron chi connectivity index (χ2n) is 10.5. The fraction of sp³-hybridized carbons (Fsp3) is 0.310. The number of nitrogens with one attached hydrogen (secondary N) is 2. The number of fused-ring (bicyclic) bond motifs is 1. The van der Waals surface area contributed by atoms with E-state index in [1.54, 1.807) is 24.3 Å². The summed E-state index contributed by atoms with van der Waals surface area (Å²) in [5.74, 6) is 2.01. The third-order valence-electron chi connectivity index (χ3n) is 6.36. The lowest BCUT2D eigenvalue weighted by Gasteiger charge is -2.25. The Morgan fingerprint density at radius 3 is 2.72 bits per heavy atom. The van der Waals surface area contributed by atoms with Crippen LogP contribution in [0.15, 0.2) is 63.2 Å². The average molecular weight is 623 g/mol. The molecule has 2 aromatic carbocycles. The van der Waals surface area contributed by atoms with Gasteiger partial charge in [-0.25, -0.2) is 14.8 Å². The number of carbonyl (C=O) groups excluding carboxylic acids is 3. The van der Waals surface area contributed by atoms with Crippen molar-refractivity contribution in [1.29, 1.82) is 0 Å². The number of urea groups is 1. The molecule has 12 nitrogen and oxygen atoms in total. The first kappa shape index (κ1) is 30.2. The highest BCUT2D eigenvalue weighted by molar-refractivity contribution is 8.15. The Kier molecular flexibility index (Phi) is 9.06. The van der Waals surface area contributed by atoms with E-state index in [9.17, 15) is 14.4 Å². The number of hydrogen-bond acceptors (Lipinski definition) is 11. The van der Waals surface area contributed by atoms with Crippen molar-refractivity contribution in [2.45, 2.75) is 36.1 Å². The van der Waals surface area contributed by atoms with Crippen molar-refractivity contribution >= 4 is 63.0 Å². The molecule has 3 heterocycles. The molecule has 1 aliphatic rings. The third kappa shape index (κ3) is 7.38. The molecule has 3 amide bonds. The lowest BCUT2D eigenvalue weighted by atomic mass is 9.93. The minimum atomic E-state index is -0.501. The van der Waals surface area contributed by atoms with Gasteiger partial charge in [0.25, 0.3) is 5.12 Å². The molecule has 0 bridgehead atoms. The maximum absolute atomic E-state index is 12.6. The summed E-state index contributed by atoms with van der Waals surface area (Å²) in [6.45, 7) is 6.94. The molecule has 0 spiro atoms. The van der Waals surface area contributed by atoms with E-state index in [1.165, 1.54) is 30.1 Å². The molecule has 0 atom stereocenters. The molecule has 1 saturated heterocycles. The topological polar surface area (TPSA) is 149 Å². The minimum Gasteiger partial charge on any atom is -0.493 e. The predicted octanol–water partition coefficient (Wildman–Crippen LogP) is 5.20. The van der Waals surface area contributed by atoms with E-state index >= 15 is 0 Å². The van der Waals surface area contributed by atoms with Gasteiger partial charge in [0, 0.05) is 45.8 Å². The Balaban J connectivity index is 1.28. The van der Waals surface area contributed by atoms with Gasteiger partial charge < -0.3 is 24.2 Å². The van der Waals surface area contributed by atoms with Crippen LogP contribution in [0.5, 0.6) is 11.5 Å². The standard InChI is InChI=1S/C29H30N6O6S2/c1-29(2,3)23-15-24(34-41-23)33-28(38)32-17-6-5-7-18(12-17)43-25-19-13-22(21(39-4)14-20(19)30-16-31-25)40-10-8-35-9-11-42-27(37)26(35)36/h5-7,12-16H,8-11H2,1-4H3,(H2,32,33,34,38). The van der Waals surface area contributed by atoms with E-state index in [-0.39, 0.29) is 18.6 Å². The van der Waals surface area contributed by atoms with E-state index in [2.05, 4.69) is 25.8 Å². The van der Waals surface area contributed by atoms with Gasteiger partial charge in [0.1, 0.15) is 23.7 Å². The molecule has 224 valence electrons. The number of rotatable bonds is 9. The summed E-state index contributed by atoms with van der Waals surface area (Å²) in [7, 11) is 1.54. The minimum absolute atomic E-state index is 0.184. The summed E-state index contributed by atoms with van der Waals surface area (Å²) in [6.07, 6.45) is 1.47. The summed E-state index contributed by atoms with van der Waals surface area (Å²) in [6, 6.07) is 12.2. The predicted molar refractivity (Wildman–Crippen MR) is 164 cm³/mol. The van der Waals surface area contributed by atoms with E-state index in [0.717, 1.165) is 22.0 Å². The Morgan fingerprint density at radius 2 is 1.95 bits per heavy atom. The number of anilines is 2. The number of thioether (sulfide) groups is 1. The lowest BCUT2D eigenvalue weighted by molar-refractivity contribution is -0.140. The number of ether oxygens (including phenoxy) is 2. The smallest absolute Gasteiger partial charge is 0.324 e. The van der Waals surface area contributed by atoms with Crippen LogP contribution in [-0.4, -0.2) is 69.6 Å². The van der Waals surface area contributed by atoms with Crippen LogP contribution in [0.1, 0.15) is 26.5 Å². The Bertz CT molecular complexity index is 1670. The maximum atomic E-state index is 12.6. The Labute approximate surface area is 256 Å². The quantitative estimate of drug-likeness (QED) is 0.187. The van der Waals surface area contributed by atoms with Crippen LogP contribution in [0.2, 0.25) is 0 Å². The number of methoxy groups -OCH3 is 1. The van der Waals surface area contributed by atoms with Crippen LogP contribution in [0.4, 0.5) is 16.3 Å². The average Bonchev–Trinajstić information content (AvgIpc) is 3.44. The first-order valence-electron chi connectivity index (χ1n) is 13.4. The van der Waals surface area contributed by atoms with Crippen molar-refractivity contribution in [3.05, 3.63) is 54.6 Å². The Hall–Kier alpha value is -4.30. The fourth-order valence-electron chi connectivity index (χ4n) is 4.13. The summed E-state index contributed by atoms with van der Waals surface area (Å²) in [4.78, 5) is 47.6. The normalized spacial score (nSPS) is 13.7.